The van der Waals surface area contributed by atoms with Crippen LogP contribution in [0.2, 0.25) is 4.34 Å². The maximum absolute atomic E-state index is 12.3. The van der Waals surface area contributed by atoms with Gasteiger partial charge in [0, 0.05) is 18.5 Å². The molecular formula is C11H15Cl2NO2S2. The number of rotatable bonds is 3. The van der Waals surface area contributed by atoms with E-state index >= 15 is 0 Å². The highest BCUT2D eigenvalue weighted by Crippen LogP contribution is 2.31. The van der Waals surface area contributed by atoms with Crippen molar-refractivity contribution in [1.29, 1.82) is 0 Å². The Hall–Kier alpha value is 0.190. The first-order valence-electron chi connectivity index (χ1n) is 5.81. The van der Waals surface area contributed by atoms with Crippen LogP contribution in [0.1, 0.15) is 19.8 Å². The van der Waals surface area contributed by atoms with Gasteiger partial charge in [-0.05, 0) is 37.8 Å². The third kappa shape index (κ3) is 3.02. The Morgan fingerprint density at radius 2 is 2.00 bits per heavy atom. The molecule has 1 aromatic rings. The van der Waals surface area contributed by atoms with Crippen molar-refractivity contribution in [2.45, 2.75) is 29.4 Å². The number of hydrogen-bond acceptors (Lipinski definition) is 3. The molecule has 1 aromatic heterocycles. The first-order valence-corrected chi connectivity index (χ1v) is 8.88. The summed E-state index contributed by atoms with van der Waals surface area (Å²) in [5, 5.41) is 0.103. The molecule has 1 atom stereocenters. The average Bonchev–Trinajstić information content (AvgIpc) is 2.76. The summed E-state index contributed by atoms with van der Waals surface area (Å²) in [5.74, 6) is 0.407. The van der Waals surface area contributed by atoms with Crippen molar-refractivity contribution in [3.63, 3.8) is 0 Å². The largest absolute Gasteiger partial charge is 0.252 e. The second-order valence-electron chi connectivity index (χ2n) is 4.48. The highest BCUT2D eigenvalue weighted by atomic mass is 35.5. The highest BCUT2D eigenvalue weighted by molar-refractivity contribution is 7.91. The average molecular weight is 328 g/mol. The van der Waals surface area contributed by atoms with E-state index in [9.17, 15) is 8.42 Å². The van der Waals surface area contributed by atoms with Crippen molar-refractivity contribution >= 4 is 44.6 Å². The van der Waals surface area contributed by atoms with Gasteiger partial charge in [-0.2, -0.15) is 4.31 Å². The van der Waals surface area contributed by atoms with Gasteiger partial charge in [-0.25, -0.2) is 8.42 Å². The summed E-state index contributed by atoms with van der Waals surface area (Å²) in [6.07, 6.45) is 1.64. The number of hydrogen-bond donors (Lipinski definition) is 0. The van der Waals surface area contributed by atoms with Gasteiger partial charge in [0.1, 0.15) is 4.21 Å². The van der Waals surface area contributed by atoms with Gasteiger partial charge in [-0.3, -0.25) is 0 Å². The molecule has 18 heavy (non-hydrogen) atoms. The zero-order chi connectivity index (χ0) is 13.3. The summed E-state index contributed by atoms with van der Waals surface area (Å²) < 4.78 is 27.0. The van der Waals surface area contributed by atoms with Crippen molar-refractivity contribution in [1.82, 2.24) is 4.31 Å². The molecule has 1 unspecified atom stereocenters. The normalized spacial score (nSPS) is 21.1. The first kappa shape index (κ1) is 14.6. The molecule has 1 saturated heterocycles. The molecule has 0 aliphatic carbocycles. The van der Waals surface area contributed by atoms with Gasteiger partial charge < -0.3 is 0 Å². The van der Waals surface area contributed by atoms with E-state index in [1.54, 1.807) is 12.1 Å². The van der Waals surface area contributed by atoms with Crippen LogP contribution in [-0.4, -0.2) is 31.2 Å². The number of nitrogens with zero attached hydrogens (tertiary/aromatic N) is 1. The van der Waals surface area contributed by atoms with E-state index in [0.29, 0.717) is 27.6 Å². The fourth-order valence-corrected chi connectivity index (χ4v) is 5.50. The summed E-state index contributed by atoms with van der Waals surface area (Å²) >= 11 is 12.9. The summed E-state index contributed by atoms with van der Waals surface area (Å²) in [5.41, 5.74) is 0. The lowest BCUT2D eigenvalue weighted by Crippen LogP contribution is -2.39. The summed E-state index contributed by atoms with van der Waals surface area (Å²) in [7, 11) is -3.37. The van der Waals surface area contributed by atoms with Crippen LogP contribution >= 0.6 is 34.5 Å². The van der Waals surface area contributed by atoms with Gasteiger partial charge in [0.25, 0.3) is 10.0 Å². The molecule has 2 heterocycles. The maximum Gasteiger partial charge on any atom is 0.252 e. The van der Waals surface area contributed by atoms with Crippen molar-refractivity contribution < 1.29 is 8.42 Å². The van der Waals surface area contributed by atoms with E-state index in [1.165, 1.54) is 4.31 Å². The second-order valence-corrected chi connectivity index (χ2v) is 9.05. The van der Waals surface area contributed by atoms with E-state index in [2.05, 4.69) is 0 Å². The highest BCUT2D eigenvalue weighted by Gasteiger charge is 2.31. The minimum Gasteiger partial charge on any atom is -0.206 e. The number of thiophene rings is 1. The zero-order valence-electron chi connectivity index (χ0n) is 9.97. The minimum absolute atomic E-state index is 0.103. The first-order chi connectivity index (χ1) is 8.41. The van der Waals surface area contributed by atoms with Crippen LogP contribution in [0.15, 0.2) is 16.3 Å². The molecule has 1 aliphatic heterocycles. The van der Waals surface area contributed by atoms with E-state index in [1.807, 2.05) is 6.92 Å². The summed E-state index contributed by atoms with van der Waals surface area (Å²) in [4.78, 5) is 0. The topological polar surface area (TPSA) is 37.4 Å². The minimum atomic E-state index is -3.37. The van der Waals surface area contributed by atoms with Gasteiger partial charge >= 0.3 is 0 Å². The van der Waals surface area contributed by atoms with E-state index in [0.717, 1.165) is 24.2 Å². The molecule has 0 amide bonds. The van der Waals surface area contributed by atoms with E-state index in [4.69, 9.17) is 23.2 Å². The van der Waals surface area contributed by atoms with Gasteiger partial charge in [-0.1, -0.05) is 11.6 Å². The predicted octanol–water partition coefficient (Wildman–Crippen LogP) is 3.43. The Labute approximate surface area is 122 Å². The van der Waals surface area contributed by atoms with Crippen molar-refractivity contribution in [3.05, 3.63) is 16.5 Å². The molecule has 7 heteroatoms. The molecular weight excluding hydrogens is 313 g/mol. The Bertz CT molecular complexity index is 505. The third-order valence-electron chi connectivity index (χ3n) is 3.29. The van der Waals surface area contributed by atoms with Crippen LogP contribution < -0.4 is 0 Å². The fraction of sp³-hybridized carbons (Fsp3) is 0.636. The summed E-state index contributed by atoms with van der Waals surface area (Å²) in [6, 6.07) is 3.19. The molecule has 2 rings (SSSR count). The smallest absolute Gasteiger partial charge is 0.206 e. The SMILES string of the molecule is CC(Cl)C1CCN(S(=O)(=O)c2ccc(Cl)s2)CC1. The molecule has 1 fully saturated rings. The van der Waals surface area contributed by atoms with Crippen LogP contribution in [0, 0.1) is 5.92 Å². The van der Waals surface area contributed by atoms with Crippen LogP contribution in [0.5, 0.6) is 0 Å². The summed E-state index contributed by atoms with van der Waals surface area (Å²) in [6.45, 7) is 3.05. The molecule has 0 radical (unpaired) electrons. The van der Waals surface area contributed by atoms with Crippen LogP contribution in [0.25, 0.3) is 0 Å². The van der Waals surface area contributed by atoms with Crippen LogP contribution in [-0.2, 0) is 10.0 Å². The van der Waals surface area contributed by atoms with Gasteiger partial charge in [0.15, 0.2) is 0 Å². The maximum atomic E-state index is 12.3. The van der Waals surface area contributed by atoms with E-state index in [-0.39, 0.29) is 5.38 Å². The predicted molar refractivity (Wildman–Crippen MR) is 76.1 cm³/mol. The number of piperidine rings is 1. The number of alkyl halides is 1. The van der Waals surface area contributed by atoms with Crippen molar-refractivity contribution in [2.24, 2.45) is 5.92 Å². The molecule has 3 nitrogen and oxygen atoms in total. The molecule has 0 spiro atoms. The Morgan fingerprint density at radius 1 is 1.39 bits per heavy atom. The lowest BCUT2D eigenvalue weighted by Gasteiger charge is -2.31. The Kier molecular flexibility index (Phi) is 4.60. The van der Waals surface area contributed by atoms with Crippen LogP contribution in [0.3, 0.4) is 0 Å². The second kappa shape index (κ2) is 5.67. The molecule has 102 valence electrons. The Balaban J connectivity index is 2.09. The lowest BCUT2D eigenvalue weighted by atomic mass is 9.95. The third-order valence-corrected chi connectivity index (χ3v) is 7.24. The molecule has 0 bridgehead atoms. The monoisotopic (exact) mass is 327 g/mol. The van der Waals surface area contributed by atoms with Gasteiger partial charge in [0.05, 0.1) is 4.34 Å². The van der Waals surface area contributed by atoms with Crippen molar-refractivity contribution in [2.75, 3.05) is 13.1 Å². The Morgan fingerprint density at radius 3 is 2.44 bits per heavy atom. The van der Waals surface area contributed by atoms with Gasteiger partial charge in [-0.15, -0.1) is 22.9 Å². The molecule has 1 aliphatic rings. The number of halogens is 2. The van der Waals surface area contributed by atoms with Crippen LogP contribution in [0.4, 0.5) is 0 Å². The molecule has 0 aromatic carbocycles. The quantitative estimate of drug-likeness (QED) is 0.797. The molecule has 0 N–H and O–H groups in total. The van der Waals surface area contributed by atoms with Gasteiger partial charge in [0.2, 0.25) is 0 Å². The molecule has 0 saturated carbocycles. The zero-order valence-corrected chi connectivity index (χ0v) is 13.1. The van der Waals surface area contributed by atoms with E-state index < -0.39 is 10.0 Å². The number of sulfonamides is 1. The fourth-order valence-electron chi connectivity index (χ4n) is 2.14. The van der Waals surface area contributed by atoms with Crippen molar-refractivity contribution in [3.8, 4) is 0 Å². The standard InChI is InChI=1S/C11H15Cl2NO2S2/c1-8(12)9-4-6-14(7-5-9)18(15,16)11-3-2-10(13)17-11/h2-3,8-9H,4-7H2,1H3. The lowest BCUT2D eigenvalue weighted by molar-refractivity contribution is 0.272.